The summed E-state index contributed by atoms with van der Waals surface area (Å²) in [6.07, 6.45) is 0. The van der Waals surface area contributed by atoms with E-state index < -0.39 is 0 Å². The van der Waals surface area contributed by atoms with Gasteiger partial charge in [0.15, 0.2) is 0 Å². The molecule has 0 aliphatic rings. The maximum Gasteiger partial charge on any atom is 0.145 e. The fourth-order valence-corrected chi connectivity index (χ4v) is 7.47. The summed E-state index contributed by atoms with van der Waals surface area (Å²) in [5, 5.41) is 5.19. The minimum absolute atomic E-state index is 0.937. The number of nitrogens with zero attached hydrogens (tertiary/aromatic N) is 3. The van der Waals surface area contributed by atoms with Gasteiger partial charge in [0, 0.05) is 32.8 Å². The van der Waals surface area contributed by atoms with Gasteiger partial charge in [-0.1, -0.05) is 115 Å². The van der Waals surface area contributed by atoms with Crippen molar-refractivity contribution in [2.75, 3.05) is 0 Å². The number of imidazole rings is 1. The number of hydrogen-bond acceptors (Lipinski definition) is 1. The summed E-state index contributed by atoms with van der Waals surface area (Å²) in [6.45, 7) is 0. The average molecular weight is 586 g/mol. The third kappa shape index (κ3) is 3.57. The molecule has 7 aromatic carbocycles. The van der Waals surface area contributed by atoms with Crippen molar-refractivity contribution in [3.05, 3.63) is 164 Å². The molecule has 0 radical (unpaired) electrons. The second kappa shape index (κ2) is 9.65. The number of benzene rings is 7. The Hall–Kier alpha value is -6.19. The average Bonchev–Trinajstić information content (AvgIpc) is 3.79. The van der Waals surface area contributed by atoms with Gasteiger partial charge in [-0.15, -0.1) is 0 Å². The zero-order valence-electron chi connectivity index (χ0n) is 24.9. The van der Waals surface area contributed by atoms with Gasteiger partial charge in [0.05, 0.1) is 27.6 Å². The van der Waals surface area contributed by atoms with Crippen LogP contribution in [0.5, 0.6) is 0 Å². The Morgan fingerprint density at radius 3 is 1.85 bits per heavy atom. The van der Waals surface area contributed by atoms with E-state index in [0.29, 0.717) is 0 Å². The van der Waals surface area contributed by atoms with Crippen LogP contribution in [0.1, 0.15) is 0 Å². The minimum Gasteiger partial charge on any atom is -0.308 e. The van der Waals surface area contributed by atoms with Crippen LogP contribution < -0.4 is 0 Å². The molecule has 10 rings (SSSR count). The Kier molecular flexibility index (Phi) is 5.28. The molecule has 0 bridgehead atoms. The van der Waals surface area contributed by atoms with Crippen LogP contribution in [0.2, 0.25) is 0 Å². The van der Waals surface area contributed by atoms with E-state index in [1.807, 2.05) is 0 Å². The number of hydrogen-bond donors (Lipinski definition) is 0. The first-order valence-electron chi connectivity index (χ1n) is 15.7. The summed E-state index contributed by atoms with van der Waals surface area (Å²) in [6, 6.07) is 58.8. The van der Waals surface area contributed by atoms with Crippen LogP contribution in [0.4, 0.5) is 0 Å². The molecule has 46 heavy (non-hydrogen) atoms. The third-order valence-corrected chi connectivity index (χ3v) is 9.47. The SMILES string of the molecule is c1ccc(-n2c(-c3cccc(-c4ccccc4-c4ccc5c(c4)c4cccc6c7ccccc7n5c64)c3)nc3ccccc32)cc1. The van der Waals surface area contributed by atoms with Crippen molar-refractivity contribution in [2.45, 2.75) is 0 Å². The summed E-state index contributed by atoms with van der Waals surface area (Å²) in [5.74, 6) is 0.937. The normalized spacial score (nSPS) is 11.9. The predicted octanol–water partition coefficient (Wildman–Crippen LogP) is 11.2. The number of fused-ring (bicyclic) bond motifs is 7. The molecular formula is C43H27N3. The van der Waals surface area contributed by atoms with Crippen LogP contribution in [-0.4, -0.2) is 14.0 Å². The monoisotopic (exact) mass is 585 g/mol. The van der Waals surface area contributed by atoms with Crippen LogP contribution in [-0.2, 0) is 0 Å². The zero-order valence-corrected chi connectivity index (χ0v) is 24.9. The van der Waals surface area contributed by atoms with E-state index in [2.05, 4.69) is 173 Å². The summed E-state index contributed by atoms with van der Waals surface area (Å²) in [4.78, 5) is 5.13. The van der Waals surface area contributed by atoms with Crippen LogP contribution in [0.15, 0.2) is 164 Å². The Balaban J connectivity index is 1.15. The Morgan fingerprint density at radius 2 is 1.00 bits per heavy atom. The lowest BCUT2D eigenvalue weighted by atomic mass is 9.93. The third-order valence-electron chi connectivity index (χ3n) is 9.47. The van der Waals surface area contributed by atoms with Crippen LogP contribution in [0.25, 0.3) is 88.5 Å². The van der Waals surface area contributed by atoms with Crippen molar-refractivity contribution in [1.82, 2.24) is 14.0 Å². The molecule has 10 aromatic rings. The quantitative estimate of drug-likeness (QED) is 0.201. The molecule has 0 spiro atoms. The van der Waals surface area contributed by atoms with E-state index >= 15 is 0 Å². The first-order chi connectivity index (χ1) is 22.8. The summed E-state index contributed by atoms with van der Waals surface area (Å²) >= 11 is 0. The molecule has 214 valence electrons. The van der Waals surface area contributed by atoms with Gasteiger partial charge in [-0.25, -0.2) is 4.98 Å². The number of para-hydroxylation sites is 5. The molecule has 0 unspecified atom stereocenters. The Labute approximate surface area is 265 Å². The maximum atomic E-state index is 5.13. The fourth-order valence-electron chi connectivity index (χ4n) is 7.47. The molecule has 0 amide bonds. The van der Waals surface area contributed by atoms with E-state index in [1.165, 1.54) is 60.3 Å². The van der Waals surface area contributed by atoms with Crippen molar-refractivity contribution in [1.29, 1.82) is 0 Å². The Bertz CT molecular complexity index is 2750. The lowest BCUT2D eigenvalue weighted by molar-refractivity contribution is 1.10. The zero-order chi connectivity index (χ0) is 30.2. The lowest BCUT2D eigenvalue weighted by Gasteiger charge is -2.13. The molecular weight excluding hydrogens is 558 g/mol. The summed E-state index contributed by atoms with van der Waals surface area (Å²) in [5.41, 5.74) is 12.9. The van der Waals surface area contributed by atoms with Gasteiger partial charge in [-0.2, -0.15) is 0 Å². The number of rotatable bonds is 4. The highest BCUT2D eigenvalue weighted by Crippen LogP contribution is 2.42. The molecule has 3 heterocycles. The Morgan fingerprint density at radius 1 is 0.391 bits per heavy atom. The molecule has 0 atom stereocenters. The molecule has 0 saturated heterocycles. The molecule has 0 fully saturated rings. The van der Waals surface area contributed by atoms with Crippen molar-refractivity contribution < 1.29 is 0 Å². The summed E-state index contributed by atoms with van der Waals surface area (Å²) < 4.78 is 4.70. The van der Waals surface area contributed by atoms with E-state index in [1.54, 1.807) is 0 Å². The standard InChI is InChI=1S/C43H27N3/c1-2-14-31(15-3-1)45-41-23-9-7-21-38(41)44-43(45)30-13-10-12-28(26-30)32-16-4-5-17-33(32)29-24-25-40-37(27-29)36-20-11-19-35-34-18-6-8-22-39(34)46(40)42(35)36/h1-27H. The van der Waals surface area contributed by atoms with Crippen LogP contribution >= 0.6 is 0 Å². The first-order valence-corrected chi connectivity index (χ1v) is 15.7. The highest BCUT2D eigenvalue weighted by atomic mass is 15.1. The fraction of sp³-hybridized carbons (Fsp3) is 0. The summed E-state index contributed by atoms with van der Waals surface area (Å²) in [7, 11) is 0. The highest BCUT2D eigenvalue weighted by Gasteiger charge is 2.19. The van der Waals surface area contributed by atoms with E-state index in [-0.39, 0.29) is 0 Å². The second-order valence-electron chi connectivity index (χ2n) is 12.0. The maximum absolute atomic E-state index is 5.13. The first kappa shape index (κ1) is 25.2. The van der Waals surface area contributed by atoms with Gasteiger partial charge in [-0.05, 0) is 70.8 Å². The topological polar surface area (TPSA) is 22.2 Å². The predicted molar refractivity (Wildman–Crippen MR) is 192 cm³/mol. The van der Waals surface area contributed by atoms with Crippen LogP contribution in [0.3, 0.4) is 0 Å². The van der Waals surface area contributed by atoms with Gasteiger partial charge in [-0.3, -0.25) is 4.57 Å². The van der Waals surface area contributed by atoms with Gasteiger partial charge in [0.2, 0.25) is 0 Å². The van der Waals surface area contributed by atoms with Gasteiger partial charge >= 0.3 is 0 Å². The largest absolute Gasteiger partial charge is 0.308 e. The minimum atomic E-state index is 0.937. The van der Waals surface area contributed by atoms with E-state index in [0.717, 1.165) is 28.1 Å². The molecule has 0 saturated carbocycles. The van der Waals surface area contributed by atoms with Gasteiger partial charge in [0.25, 0.3) is 0 Å². The number of aromatic nitrogens is 3. The molecule has 0 N–H and O–H groups in total. The second-order valence-corrected chi connectivity index (χ2v) is 12.0. The van der Waals surface area contributed by atoms with Crippen molar-refractivity contribution >= 4 is 49.1 Å². The molecule has 0 aliphatic heterocycles. The van der Waals surface area contributed by atoms with Crippen molar-refractivity contribution in [3.63, 3.8) is 0 Å². The van der Waals surface area contributed by atoms with Gasteiger partial charge < -0.3 is 4.40 Å². The molecule has 3 heteroatoms. The lowest BCUT2D eigenvalue weighted by Crippen LogP contribution is -1.97. The highest BCUT2D eigenvalue weighted by molar-refractivity contribution is 6.23. The molecule has 3 nitrogen and oxygen atoms in total. The van der Waals surface area contributed by atoms with E-state index in [4.69, 9.17) is 4.98 Å². The van der Waals surface area contributed by atoms with E-state index in [9.17, 15) is 0 Å². The molecule has 0 aliphatic carbocycles. The smallest absolute Gasteiger partial charge is 0.145 e. The molecule has 3 aromatic heterocycles. The van der Waals surface area contributed by atoms with Crippen molar-refractivity contribution in [2.24, 2.45) is 0 Å². The van der Waals surface area contributed by atoms with Crippen LogP contribution in [0, 0.1) is 0 Å². The van der Waals surface area contributed by atoms with Gasteiger partial charge in [0.1, 0.15) is 5.82 Å². The van der Waals surface area contributed by atoms with Crippen molar-refractivity contribution in [3.8, 4) is 39.3 Å².